The highest BCUT2D eigenvalue weighted by Gasteiger charge is 2.45. The lowest BCUT2D eigenvalue weighted by atomic mass is 9.80. The smallest absolute Gasteiger partial charge is 0.253 e. The molecular formula is C28H37NO5. The average molecular weight is 468 g/mol. The Balaban J connectivity index is 1.47. The van der Waals surface area contributed by atoms with E-state index in [2.05, 4.69) is 12.1 Å². The molecule has 2 fully saturated rings. The van der Waals surface area contributed by atoms with Crippen molar-refractivity contribution in [3.8, 4) is 5.75 Å². The van der Waals surface area contributed by atoms with Gasteiger partial charge in [0.2, 0.25) is 0 Å². The van der Waals surface area contributed by atoms with Crippen LogP contribution in [0.4, 0.5) is 0 Å². The first-order valence-electron chi connectivity index (χ1n) is 12.3. The predicted octanol–water partition coefficient (Wildman–Crippen LogP) is 4.85. The number of methoxy groups -OCH3 is 1. The van der Waals surface area contributed by atoms with Crippen molar-refractivity contribution >= 4 is 5.91 Å². The third-order valence-corrected chi connectivity index (χ3v) is 7.11. The summed E-state index contributed by atoms with van der Waals surface area (Å²) in [7, 11) is 1.56. The van der Waals surface area contributed by atoms with E-state index in [4.69, 9.17) is 14.2 Å². The number of piperidine rings is 1. The number of rotatable bonds is 6. The minimum atomic E-state index is -1.05. The molecule has 184 valence electrons. The summed E-state index contributed by atoms with van der Waals surface area (Å²) >= 11 is 0. The van der Waals surface area contributed by atoms with Crippen LogP contribution in [0.2, 0.25) is 0 Å². The van der Waals surface area contributed by atoms with Crippen LogP contribution < -0.4 is 4.74 Å². The van der Waals surface area contributed by atoms with Gasteiger partial charge in [-0.3, -0.25) is 4.79 Å². The van der Waals surface area contributed by atoms with Crippen molar-refractivity contribution in [3.05, 3.63) is 65.2 Å². The van der Waals surface area contributed by atoms with Gasteiger partial charge in [-0.2, -0.15) is 0 Å². The van der Waals surface area contributed by atoms with Gasteiger partial charge in [0.05, 0.1) is 30.5 Å². The fraction of sp³-hybridized carbons (Fsp3) is 0.536. The molecule has 2 aromatic rings. The van der Waals surface area contributed by atoms with Gasteiger partial charge < -0.3 is 24.2 Å². The highest BCUT2D eigenvalue weighted by Crippen LogP contribution is 2.44. The van der Waals surface area contributed by atoms with Crippen molar-refractivity contribution in [1.82, 2.24) is 4.90 Å². The summed E-state index contributed by atoms with van der Waals surface area (Å²) in [6.45, 7) is 7.41. The highest BCUT2D eigenvalue weighted by atomic mass is 16.5. The van der Waals surface area contributed by atoms with Gasteiger partial charge in [-0.15, -0.1) is 0 Å². The van der Waals surface area contributed by atoms with Crippen molar-refractivity contribution < 1.29 is 24.1 Å². The van der Waals surface area contributed by atoms with Crippen LogP contribution in [0, 0.1) is 0 Å². The van der Waals surface area contributed by atoms with Crippen LogP contribution in [0.3, 0.4) is 0 Å². The molecule has 34 heavy (non-hydrogen) atoms. The fourth-order valence-electron chi connectivity index (χ4n) is 5.32. The number of hydrogen-bond acceptors (Lipinski definition) is 5. The van der Waals surface area contributed by atoms with Crippen molar-refractivity contribution in [2.45, 2.75) is 69.9 Å². The third-order valence-electron chi connectivity index (χ3n) is 7.11. The summed E-state index contributed by atoms with van der Waals surface area (Å²) in [4.78, 5) is 15.2. The fourth-order valence-corrected chi connectivity index (χ4v) is 5.32. The molecule has 2 saturated heterocycles. The molecule has 6 nitrogen and oxygen atoms in total. The van der Waals surface area contributed by atoms with Gasteiger partial charge in [-0.1, -0.05) is 36.4 Å². The summed E-state index contributed by atoms with van der Waals surface area (Å²) in [5.74, 6) is 0.500. The number of likely N-dealkylation sites (tertiary alicyclic amines) is 1. The zero-order valence-electron chi connectivity index (χ0n) is 20.8. The van der Waals surface area contributed by atoms with Crippen LogP contribution in [-0.2, 0) is 15.1 Å². The Morgan fingerprint density at radius 2 is 1.88 bits per heavy atom. The number of benzene rings is 2. The van der Waals surface area contributed by atoms with Crippen LogP contribution in [0.1, 0.15) is 74.0 Å². The van der Waals surface area contributed by atoms with Crippen LogP contribution in [0.25, 0.3) is 0 Å². The van der Waals surface area contributed by atoms with Gasteiger partial charge in [0.25, 0.3) is 5.91 Å². The molecule has 1 amide bonds. The molecule has 4 rings (SSSR count). The van der Waals surface area contributed by atoms with Gasteiger partial charge in [0.1, 0.15) is 5.75 Å². The first-order valence-corrected chi connectivity index (χ1v) is 12.3. The lowest BCUT2D eigenvalue weighted by Gasteiger charge is -2.48. The Morgan fingerprint density at radius 3 is 2.50 bits per heavy atom. The highest BCUT2D eigenvalue weighted by molar-refractivity contribution is 5.95. The molecule has 2 atom stereocenters. The molecule has 2 aliphatic rings. The maximum absolute atomic E-state index is 13.3. The summed E-state index contributed by atoms with van der Waals surface area (Å²) in [5, 5.41) is 10.4. The van der Waals surface area contributed by atoms with Crippen molar-refractivity contribution in [2.75, 3.05) is 26.8 Å². The quantitative estimate of drug-likeness (QED) is 0.658. The van der Waals surface area contributed by atoms with Crippen LogP contribution in [0.15, 0.2) is 48.5 Å². The second kappa shape index (κ2) is 10.1. The van der Waals surface area contributed by atoms with E-state index in [1.807, 2.05) is 30.0 Å². The molecule has 2 heterocycles. The number of hydrogen-bond donors (Lipinski definition) is 1. The maximum Gasteiger partial charge on any atom is 0.253 e. The Kier molecular flexibility index (Phi) is 7.31. The van der Waals surface area contributed by atoms with E-state index in [9.17, 15) is 9.90 Å². The zero-order valence-corrected chi connectivity index (χ0v) is 20.8. The second-order valence-electron chi connectivity index (χ2n) is 9.98. The first kappa shape index (κ1) is 24.7. The lowest BCUT2D eigenvalue weighted by Crippen LogP contribution is -2.52. The van der Waals surface area contributed by atoms with E-state index in [1.165, 1.54) is 5.56 Å². The van der Waals surface area contributed by atoms with E-state index >= 15 is 0 Å². The number of amides is 1. The standard InChI is InChI=1S/C28H37NO5/c1-5-33-22-18-24(20-9-7-6-8-10-20)34-28(19-22)13-15-29(16-14-28)26(30)21-11-12-23(27(2,3)31)25(17-21)32-4/h6-12,17,22,24,31H,5,13-16,18-19H2,1-4H3/t22-,24-/m0/s1. The van der Waals surface area contributed by atoms with E-state index in [0.29, 0.717) is 36.6 Å². The van der Waals surface area contributed by atoms with Gasteiger partial charge in [-0.25, -0.2) is 0 Å². The molecular weight excluding hydrogens is 430 g/mol. The van der Waals surface area contributed by atoms with Gasteiger partial charge >= 0.3 is 0 Å². The van der Waals surface area contributed by atoms with E-state index in [0.717, 1.165) is 25.7 Å². The van der Waals surface area contributed by atoms with Gasteiger partial charge in [0, 0.05) is 43.7 Å². The van der Waals surface area contributed by atoms with E-state index < -0.39 is 5.60 Å². The molecule has 2 aliphatic heterocycles. The summed E-state index contributed by atoms with van der Waals surface area (Å²) in [6, 6.07) is 15.6. The minimum absolute atomic E-state index is 0.00685. The van der Waals surface area contributed by atoms with Crippen molar-refractivity contribution in [2.24, 2.45) is 0 Å². The normalized spacial score (nSPS) is 22.6. The zero-order chi connectivity index (χ0) is 24.3. The number of nitrogens with zero attached hydrogens (tertiary/aromatic N) is 1. The number of carbonyl (C=O) groups excluding carboxylic acids is 1. The summed E-state index contributed by atoms with van der Waals surface area (Å²) in [6.07, 6.45) is 3.45. The topological polar surface area (TPSA) is 68.2 Å². The molecule has 0 bridgehead atoms. The Morgan fingerprint density at radius 1 is 1.18 bits per heavy atom. The van der Waals surface area contributed by atoms with Crippen LogP contribution in [-0.4, -0.2) is 54.4 Å². The van der Waals surface area contributed by atoms with Gasteiger partial charge in [-0.05, 0) is 51.3 Å². The molecule has 0 aromatic heterocycles. The third kappa shape index (κ3) is 5.29. The Hall–Kier alpha value is -2.41. The minimum Gasteiger partial charge on any atom is -0.496 e. The number of ether oxygens (including phenoxy) is 3. The summed E-state index contributed by atoms with van der Waals surface area (Å²) in [5.41, 5.74) is 1.09. The largest absolute Gasteiger partial charge is 0.496 e. The first-order chi connectivity index (χ1) is 16.2. The molecule has 1 spiro atoms. The van der Waals surface area contributed by atoms with Crippen LogP contribution >= 0.6 is 0 Å². The Labute approximate surface area is 202 Å². The van der Waals surface area contributed by atoms with Crippen LogP contribution in [0.5, 0.6) is 5.75 Å². The predicted molar refractivity (Wildman–Crippen MR) is 131 cm³/mol. The SMILES string of the molecule is CCO[C@H]1C[C@@H](c2ccccc2)OC2(CCN(C(=O)c3ccc(C(C)(C)O)c(OC)c3)CC2)C1. The molecule has 6 heteroatoms. The molecule has 2 aromatic carbocycles. The monoisotopic (exact) mass is 467 g/mol. The molecule has 0 aliphatic carbocycles. The van der Waals surface area contributed by atoms with E-state index in [-0.39, 0.29) is 23.7 Å². The summed E-state index contributed by atoms with van der Waals surface area (Å²) < 4.78 is 18.3. The Bertz CT molecular complexity index is 976. The van der Waals surface area contributed by atoms with Gasteiger partial charge in [0.15, 0.2) is 0 Å². The maximum atomic E-state index is 13.3. The lowest BCUT2D eigenvalue weighted by molar-refractivity contribution is -0.190. The second-order valence-corrected chi connectivity index (χ2v) is 9.98. The number of aliphatic hydroxyl groups is 1. The molecule has 0 saturated carbocycles. The molecule has 0 radical (unpaired) electrons. The van der Waals surface area contributed by atoms with Crippen molar-refractivity contribution in [3.63, 3.8) is 0 Å². The number of carbonyl (C=O) groups is 1. The average Bonchev–Trinajstić information content (AvgIpc) is 2.83. The van der Waals surface area contributed by atoms with Crippen molar-refractivity contribution in [1.29, 1.82) is 0 Å². The molecule has 0 unspecified atom stereocenters. The molecule has 1 N–H and O–H groups in total. The van der Waals surface area contributed by atoms with E-state index in [1.54, 1.807) is 39.2 Å².